The maximum absolute atomic E-state index is 13.4. The molecule has 0 saturated carbocycles. The van der Waals surface area contributed by atoms with Gasteiger partial charge in [-0.15, -0.1) is 0 Å². The quantitative estimate of drug-likeness (QED) is 0.186. The number of morpholine rings is 1. The molecule has 1 saturated heterocycles. The molecule has 0 atom stereocenters. The molecule has 3 aromatic carbocycles. The van der Waals surface area contributed by atoms with Gasteiger partial charge in [0, 0.05) is 49.8 Å². The molecule has 5 nitrogen and oxygen atoms in total. The van der Waals surface area contributed by atoms with Crippen LogP contribution in [0.2, 0.25) is 0 Å². The second-order valence-corrected chi connectivity index (χ2v) is 11.4. The van der Waals surface area contributed by atoms with E-state index in [0.717, 1.165) is 67.3 Å². The van der Waals surface area contributed by atoms with Gasteiger partial charge < -0.3 is 24.8 Å². The number of ether oxygens (including phenoxy) is 2. The average Bonchev–Trinajstić information content (AvgIpc) is 3.08. The van der Waals surface area contributed by atoms with Crippen LogP contribution in [0.5, 0.6) is 5.75 Å². The normalized spacial score (nSPS) is 12.9. The van der Waals surface area contributed by atoms with Crippen LogP contribution in [0.3, 0.4) is 0 Å². The highest BCUT2D eigenvalue weighted by Gasteiger charge is 2.08. The summed E-state index contributed by atoms with van der Waals surface area (Å²) in [5.41, 5.74) is 7.38. The third kappa shape index (κ3) is 20.3. The van der Waals surface area contributed by atoms with Crippen LogP contribution in [0, 0.1) is 19.7 Å². The average molecular weight is 661 g/mol. The third-order valence-corrected chi connectivity index (χ3v) is 7.33. The van der Waals surface area contributed by atoms with Crippen molar-refractivity contribution in [2.75, 3.05) is 52.4 Å². The van der Waals surface area contributed by atoms with E-state index in [-0.39, 0.29) is 11.6 Å². The van der Waals surface area contributed by atoms with Crippen molar-refractivity contribution in [2.24, 2.45) is 0 Å². The smallest absolute Gasteiger partial charge is 0.123 e. The van der Waals surface area contributed by atoms with E-state index in [1.54, 1.807) is 25.3 Å². The van der Waals surface area contributed by atoms with Gasteiger partial charge in [0.05, 0.1) is 13.2 Å². The van der Waals surface area contributed by atoms with Gasteiger partial charge in [0.15, 0.2) is 0 Å². The Balaban J connectivity index is 0.000000711. The SMILES string of the molecule is C/C=C(/C)CC.C=C/C(C(=C)Nc1ccc(C)c(O)c1)=C(\C)c1cccc(F)c1.CCCOC.CN1CCOCC1.Cc1ccccc1. The van der Waals surface area contributed by atoms with Gasteiger partial charge in [-0.05, 0) is 89.4 Å². The Labute approximate surface area is 291 Å². The van der Waals surface area contributed by atoms with Crippen LogP contribution in [0.15, 0.2) is 115 Å². The third-order valence-electron chi connectivity index (χ3n) is 7.33. The topological polar surface area (TPSA) is 54.0 Å². The molecule has 0 amide bonds. The second-order valence-electron chi connectivity index (χ2n) is 11.4. The number of phenolic OH excluding ortho intramolecular Hbond substituents is 1. The fourth-order valence-electron chi connectivity index (χ4n) is 3.91. The molecule has 48 heavy (non-hydrogen) atoms. The molecule has 1 fully saturated rings. The lowest BCUT2D eigenvalue weighted by Crippen LogP contribution is -2.32. The van der Waals surface area contributed by atoms with Crippen molar-refractivity contribution < 1.29 is 19.0 Å². The van der Waals surface area contributed by atoms with Crippen LogP contribution >= 0.6 is 0 Å². The summed E-state index contributed by atoms with van der Waals surface area (Å²) in [6.45, 7) is 27.0. The molecular formula is C42H61FN2O3. The molecular weight excluding hydrogens is 599 g/mol. The van der Waals surface area contributed by atoms with Crippen molar-refractivity contribution in [3.05, 3.63) is 137 Å². The van der Waals surface area contributed by atoms with E-state index in [4.69, 9.17) is 9.47 Å². The number of allylic oxidation sites excluding steroid dienone is 4. The number of halogens is 1. The molecule has 0 spiro atoms. The monoisotopic (exact) mass is 660 g/mol. The van der Waals surface area contributed by atoms with Gasteiger partial charge in [0.25, 0.3) is 0 Å². The summed E-state index contributed by atoms with van der Waals surface area (Å²) in [4.78, 5) is 2.27. The van der Waals surface area contributed by atoms with E-state index >= 15 is 0 Å². The number of rotatable bonds is 8. The Morgan fingerprint density at radius 2 is 1.65 bits per heavy atom. The summed E-state index contributed by atoms with van der Waals surface area (Å²) in [5, 5.41) is 12.9. The summed E-state index contributed by atoms with van der Waals surface area (Å²) >= 11 is 0. The number of aryl methyl sites for hydroxylation is 2. The van der Waals surface area contributed by atoms with E-state index in [1.165, 1.54) is 29.7 Å². The van der Waals surface area contributed by atoms with Gasteiger partial charge in [0.1, 0.15) is 11.6 Å². The number of benzene rings is 3. The largest absolute Gasteiger partial charge is 0.508 e. The van der Waals surface area contributed by atoms with Crippen LogP contribution in [-0.4, -0.2) is 57.1 Å². The molecule has 0 unspecified atom stereocenters. The van der Waals surface area contributed by atoms with Gasteiger partial charge in [-0.1, -0.05) is 98.8 Å². The summed E-state index contributed by atoms with van der Waals surface area (Å²) in [6, 6.07) is 22.0. The number of anilines is 1. The minimum atomic E-state index is -0.285. The number of nitrogens with one attached hydrogen (secondary N) is 1. The first-order valence-corrected chi connectivity index (χ1v) is 16.7. The van der Waals surface area contributed by atoms with E-state index in [0.29, 0.717) is 5.70 Å². The standard InChI is InChI=1S/C20H20FNO.C7H8.C6H12.C5H11NO.C4H10O/c1-5-19(14(3)16-7-6-8-17(21)11-16)15(4)22-18-10-9-13(2)20(23)12-18;1-7-5-3-2-4-6-7;1-4-6(3)5-2;1-6-2-4-7-5-3-6;1-3-4-5-2/h5-12,22-23H,1,4H2,2-3H3;2-6H,1H3;4H,5H2,1-3H3;2-5H2,1H3;3-4H2,1-2H3/b19-14-;;6-4-;;. The zero-order valence-corrected chi connectivity index (χ0v) is 31.0. The molecule has 2 N–H and O–H groups in total. The fraction of sp³-hybridized carbons (Fsp3) is 0.381. The predicted molar refractivity (Wildman–Crippen MR) is 206 cm³/mol. The number of aromatic hydroxyl groups is 1. The zero-order chi connectivity index (χ0) is 36.3. The summed E-state index contributed by atoms with van der Waals surface area (Å²) < 4.78 is 23.2. The Bertz CT molecular complexity index is 1370. The Hall–Kier alpha value is -3.97. The van der Waals surface area contributed by atoms with Crippen molar-refractivity contribution >= 4 is 11.3 Å². The van der Waals surface area contributed by atoms with E-state index in [9.17, 15) is 9.50 Å². The molecule has 3 aromatic rings. The minimum Gasteiger partial charge on any atom is -0.508 e. The van der Waals surface area contributed by atoms with Crippen molar-refractivity contribution in [1.29, 1.82) is 0 Å². The first-order valence-electron chi connectivity index (χ1n) is 16.7. The van der Waals surface area contributed by atoms with E-state index < -0.39 is 0 Å². The molecule has 0 radical (unpaired) electrons. The lowest BCUT2D eigenvalue weighted by atomic mass is 9.99. The van der Waals surface area contributed by atoms with Gasteiger partial charge in [0.2, 0.25) is 0 Å². The number of nitrogens with zero attached hydrogens (tertiary/aromatic N) is 1. The molecule has 0 bridgehead atoms. The minimum absolute atomic E-state index is 0.216. The second kappa shape index (κ2) is 27.0. The number of hydrogen-bond donors (Lipinski definition) is 2. The van der Waals surface area contributed by atoms with Crippen molar-refractivity contribution in [1.82, 2.24) is 4.90 Å². The first-order chi connectivity index (χ1) is 22.9. The predicted octanol–water partition coefficient (Wildman–Crippen LogP) is 10.8. The van der Waals surface area contributed by atoms with Gasteiger partial charge in [-0.3, -0.25) is 0 Å². The van der Waals surface area contributed by atoms with Gasteiger partial charge in [-0.25, -0.2) is 4.39 Å². The Morgan fingerprint density at radius 3 is 2.02 bits per heavy atom. The summed E-state index contributed by atoms with van der Waals surface area (Å²) in [6.07, 6.45) is 6.14. The molecule has 0 aromatic heterocycles. The molecule has 1 aliphatic heterocycles. The van der Waals surface area contributed by atoms with E-state index in [2.05, 4.69) is 83.2 Å². The highest BCUT2D eigenvalue weighted by molar-refractivity contribution is 5.75. The molecule has 4 rings (SSSR count). The summed E-state index contributed by atoms with van der Waals surface area (Å²) in [7, 11) is 3.83. The molecule has 1 heterocycles. The number of hydrogen-bond acceptors (Lipinski definition) is 5. The number of methoxy groups -OCH3 is 1. The van der Waals surface area contributed by atoms with Crippen LogP contribution < -0.4 is 5.32 Å². The molecule has 0 aliphatic carbocycles. The Morgan fingerprint density at radius 1 is 1.00 bits per heavy atom. The fourth-order valence-corrected chi connectivity index (χ4v) is 3.91. The number of phenols is 1. The van der Waals surface area contributed by atoms with Gasteiger partial charge in [-0.2, -0.15) is 0 Å². The Kier molecular flexibility index (Phi) is 24.8. The first kappa shape index (κ1) is 44.0. The van der Waals surface area contributed by atoms with Crippen molar-refractivity contribution in [3.63, 3.8) is 0 Å². The highest BCUT2D eigenvalue weighted by atomic mass is 19.1. The zero-order valence-electron chi connectivity index (χ0n) is 31.0. The molecule has 6 heteroatoms. The lowest BCUT2D eigenvalue weighted by Gasteiger charge is -2.21. The maximum Gasteiger partial charge on any atom is 0.123 e. The van der Waals surface area contributed by atoms with Crippen LogP contribution in [0.1, 0.15) is 64.2 Å². The molecule has 1 aliphatic rings. The lowest BCUT2D eigenvalue weighted by molar-refractivity contribution is 0.0503. The highest BCUT2D eigenvalue weighted by Crippen LogP contribution is 2.27. The van der Waals surface area contributed by atoms with E-state index in [1.807, 2.05) is 50.2 Å². The van der Waals surface area contributed by atoms with Crippen LogP contribution in [0.25, 0.3) is 5.57 Å². The summed E-state index contributed by atoms with van der Waals surface area (Å²) in [5.74, 6) is -0.0684. The maximum atomic E-state index is 13.4. The molecule has 264 valence electrons. The number of likely N-dealkylation sites (N-methyl/N-ethyl adjacent to an activating group) is 1. The van der Waals surface area contributed by atoms with Crippen molar-refractivity contribution in [2.45, 2.75) is 61.3 Å². The van der Waals surface area contributed by atoms with Gasteiger partial charge >= 0.3 is 0 Å². The van der Waals surface area contributed by atoms with Crippen LogP contribution in [0.4, 0.5) is 10.1 Å². The van der Waals surface area contributed by atoms with Crippen molar-refractivity contribution in [3.8, 4) is 5.75 Å². The van der Waals surface area contributed by atoms with Crippen LogP contribution in [-0.2, 0) is 9.47 Å².